The molecule has 2 aliphatic rings. The molecule has 11 heteroatoms. The zero-order chi connectivity index (χ0) is 31.9. The lowest BCUT2D eigenvalue weighted by Gasteiger charge is -2.36. The number of aromatic nitrogens is 3. The lowest BCUT2D eigenvalue weighted by Crippen LogP contribution is -2.50. The Morgan fingerprint density at radius 3 is 2.49 bits per heavy atom. The Morgan fingerprint density at radius 2 is 1.80 bits per heavy atom. The minimum atomic E-state index is -0.580. The number of anilines is 1. The van der Waals surface area contributed by atoms with Crippen molar-refractivity contribution in [1.29, 1.82) is 0 Å². The number of carbonyl (C=O) groups is 1. The Balaban J connectivity index is 1.37. The molecule has 0 saturated carbocycles. The maximum atomic E-state index is 16.6. The smallest absolute Gasteiger partial charge is 0.410 e. The van der Waals surface area contributed by atoms with E-state index in [-0.39, 0.29) is 35.5 Å². The molecule has 0 spiro atoms. The van der Waals surface area contributed by atoms with Gasteiger partial charge < -0.3 is 24.0 Å². The summed E-state index contributed by atoms with van der Waals surface area (Å²) in [6.45, 7) is 10.6. The molecule has 6 rings (SSSR count). The molecule has 10 nitrogen and oxygen atoms in total. The molecular formula is C34H41FN6O4. The van der Waals surface area contributed by atoms with Crippen molar-refractivity contribution < 1.29 is 23.4 Å². The van der Waals surface area contributed by atoms with Crippen LogP contribution in [-0.4, -0.2) is 102 Å². The number of hydrogen-bond acceptors (Lipinski definition) is 9. The van der Waals surface area contributed by atoms with Crippen molar-refractivity contribution in [2.24, 2.45) is 0 Å². The largest absolute Gasteiger partial charge is 0.462 e. The average Bonchev–Trinajstić information content (AvgIpc) is 3.38. The van der Waals surface area contributed by atoms with Crippen molar-refractivity contribution in [2.45, 2.75) is 51.9 Å². The van der Waals surface area contributed by atoms with Gasteiger partial charge in [-0.15, -0.1) is 0 Å². The second-order valence-corrected chi connectivity index (χ2v) is 12.9. The van der Waals surface area contributed by atoms with Crippen molar-refractivity contribution >= 4 is 33.6 Å². The molecule has 45 heavy (non-hydrogen) atoms. The molecule has 0 radical (unpaired) electrons. The quantitative estimate of drug-likeness (QED) is 0.281. The third-order valence-corrected chi connectivity index (χ3v) is 8.63. The number of benzene rings is 2. The molecule has 2 aromatic carbocycles. The second-order valence-electron chi connectivity index (χ2n) is 12.9. The highest BCUT2D eigenvalue weighted by atomic mass is 19.1. The van der Waals surface area contributed by atoms with Crippen LogP contribution in [-0.2, 0) is 9.47 Å². The van der Waals surface area contributed by atoms with Gasteiger partial charge in [0.05, 0.1) is 11.5 Å². The summed E-state index contributed by atoms with van der Waals surface area (Å²) in [4.78, 5) is 32.7. The number of likely N-dealkylation sites (tertiary alicyclic amines) is 1. The van der Waals surface area contributed by atoms with Crippen LogP contribution in [0.2, 0.25) is 0 Å². The van der Waals surface area contributed by atoms with Gasteiger partial charge in [0.25, 0.3) is 0 Å². The first kappa shape index (κ1) is 30.9. The normalized spacial score (nSPS) is 19.4. The molecule has 2 atom stereocenters. The lowest BCUT2D eigenvalue weighted by atomic mass is 9.97. The fourth-order valence-electron chi connectivity index (χ4n) is 6.23. The number of pyridine rings is 1. The number of ether oxygens (including phenoxy) is 3. The van der Waals surface area contributed by atoms with Crippen LogP contribution >= 0.6 is 0 Å². The Kier molecular flexibility index (Phi) is 8.49. The van der Waals surface area contributed by atoms with Gasteiger partial charge in [0.2, 0.25) is 0 Å². The van der Waals surface area contributed by atoms with Crippen molar-refractivity contribution in [1.82, 2.24) is 24.8 Å². The number of hydrogen-bond donors (Lipinski definition) is 0. The molecule has 2 aromatic heterocycles. The fourth-order valence-corrected chi connectivity index (χ4v) is 6.23. The van der Waals surface area contributed by atoms with E-state index in [0.717, 1.165) is 29.3 Å². The van der Waals surface area contributed by atoms with E-state index in [1.165, 1.54) is 0 Å². The van der Waals surface area contributed by atoms with Gasteiger partial charge in [-0.1, -0.05) is 36.4 Å². The number of piperazine rings is 1. The molecule has 2 fully saturated rings. The number of rotatable bonds is 6. The first-order chi connectivity index (χ1) is 21.5. The summed E-state index contributed by atoms with van der Waals surface area (Å²) in [7, 11) is 3.75. The summed E-state index contributed by atoms with van der Waals surface area (Å²) in [6, 6.07) is 12.1. The van der Waals surface area contributed by atoms with Gasteiger partial charge in [0.1, 0.15) is 29.2 Å². The van der Waals surface area contributed by atoms with Crippen LogP contribution in [0.5, 0.6) is 6.01 Å². The van der Waals surface area contributed by atoms with Crippen molar-refractivity contribution in [2.75, 3.05) is 58.4 Å². The number of aryl methyl sites for hydroxylation is 1. The van der Waals surface area contributed by atoms with E-state index < -0.39 is 11.4 Å². The number of halogens is 1. The summed E-state index contributed by atoms with van der Waals surface area (Å²) in [5.41, 5.74) is 1.54. The molecular weight excluding hydrogens is 575 g/mol. The second kappa shape index (κ2) is 12.4. The molecule has 2 saturated heterocycles. The van der Waals surface area contributed by atoms with Crippen molar-refractivity contribution in [3.8, 4) is 17.3 Å². The number of likely N-dealkylation sites (N-methyl/N-ethyl adjacent to an activating group) is 1. The van der Waals surface area contributed by atoms with E-state index in [0.29, 0.717) is 49.6 Å². The molecule has 2 aliphatic heterocycles. The average molecular weight is 617 g/mol. The van der Waals surface area contributed by atoms with Gasteiger partial charge in [-0.3, -0.25) is 9.88 Å². The van der Waals surface area contributed by atoms with Gasteiger partial charge >= 0.3 is 12.1 Å². The van der Waals surface area contributed by atoms with Gasteiger partial charge in [-0.2, -0.15) is 9.97 Å². The van der Waals surface area contributed by atoms with Gasteiger partial charge in [-0.05, 0) is 57.5 Å². The van der Waals surface area contributed by atoms with Crippen LogP contribution in [0.3, 0.4) is 0 Å². The van der Waals surface area contributed by atoms with Crippen LogP contribution < -0.4 is 9.64 Å². The maximum absolute atomic E-state index is 16.6. The Hall–Kier alpha value is -4.09. The summed E-state index contributed by atoms with van der Waals surface area (Å²) in [5, 5.41) is 2.45. The van der Waals surface area contributed by atoms with Crippen LogP contribution in [0.15, 0.2) is 42.6 Å². The van der Waals surface area contributed by atoms with E-state index in [1.807, 2.05) is 76.0 Å². The molecule has 0 N–H and O–H groups in total. The zero-order valence-electron chi connectivity index (χ0n) is 26.8. The minimum absolute atomic E-state index is 0.103. The fraction of sp³-hybridized carbons (Fsp3) is 0.471. The van der Waals surface area contributed by atoms with E-state index >= 15 is 4.39 Å². The topological polar surface area (TPSA) is 93.2 Å². The number of nitrogens with zero attached hydrogens (tertiary/aromatic N) is 6. The van der Waals surface area contributed by atoms with Crippen LogP contribution in [0, 0.1) is 12.7 Å². The third kappa shape index (κ3) is 6.37. The van der Waals surface area contributed by atoms with E-state index in [4.69, 9.17) is 19.2 Å². The molecule has 0 unspecified atom stereocenters. The van der Waals surface area contributed by atoms with Crippen LogP contribution in [0.1, 0.15) is 32.8 Å². The molecule has 238 valence electrons. The summed E-state index contributed by atoms with van der Waals surface area (Å²) in [5.74, 6) is 0.00186. The monoisotopic (exact) mass is 616 g/mol. The predicted octanol–water partition coefficient (Wildman–Crippen LogP) is 5.45. The first-order valence-corrected chi connectivity index (χ1v) is 15.5. The molecule has 0 bridgehead atoms. The highest BCUT2D eigenvalue weighted by molar-refractivity contribution is 6.00. The van der Waals surface area contributed by atoms with Crippen LogP contribution in [0.25, 0.3) is 32.9 Å². The van der Waals surface area contributed by atoms with E-state index in [9.17, 15) is 4.79 Å². The third-order valence-electron chi connectivity index (χ3n) is 8.63. The van der Waals surface area contributed by atoms with Gasteiger partial charge in [-0.25, -0.2) is 9.18 Å². The Morgan fingerprint density at radius 1 is 1.07 bits per heavy atom. The Bertz CT molecular complexity index is 1710. The summed E-state index contributed by atoms with van der Waals surface area (Å²) >= 11 is 0. The van der Waals surface area contributed by atoms with Crippen molar-refractivity contribution in [3.63, 3.8) is 0 Å². The highest BCUT2D eigenvalue weighted by Gasteiger charge is 2.31. The maximum Gasteiger partial charge on any atom is 0.410 e. The standard InChI is InChI=1S/C34H41FN6O4/c1-21-9-7-10-22-11-8-12-25(27(21)22)29-28(35)30-26(18-36-29)31(40-13-15-41(16-14-40)33(42)45-34(2,3)4)38-32(37-30)44-20-23-17-24(43-6)19-39(23)5/h7-12,18,23-24H,13-17,19-20H2,1-6H3/t23-,24+/m0/s1. The minimum Gasteiger partial charge on any atom is -0.462 e. The van der Waals surface area contributed by atoms with Crippen LogP contribution in [0.4, 0.5) is 15.0 Å². The Labute approximate surface area is 263 Å². The lowest BCUT2D eigenvalue weighted by molar-refractivity contribution is 0.0240. The van der Waals surface area contributed by atoms with E-state index in [1.54, 1.807) is 18.2 Å². The number of methoxy groups -OCH3 is 1. The predicted molar refractivity (Wildman–Crippen MR) is 172 cm³/mol. The van der Waals surface area contributed by atoms with E-state index in [2.05, 4.69) is 14.9 Å². The van der Waals surface area contributed by atoms with Gasteiger partial charge in [0, 0.05) is 57.6 Å². The SMILES string of the molecule is CO[C@@H]1C[C@@H](COc2nc(N3CCN(C(=O)OC(C)(C)C)CC3)c3cnc(-c4cccc5cccc(C)c45)c(F)c3n2)N(C)C1. The highest BCUT2D eigenvalue weighted by Crippen LogP contribution is 2.36. The zero-order valence-corrected chi connectivity index (χ0v) is 26.8. The molecule has 4 aromatic rings. The number of fused-ring (bicyclic) bond motifs is 2. The summed E-state index contributed by atoms with van der Waals surface area (Å²) < 4.78 is 34.0. The molecule has 4 heterocycles. The number of carbonyl (C=O) groups excluding carboxylic acids is 1. The number of amides is 1. The van der Waals surface area contributed by atoms with Crippen molar-refractivity contribution in [3.05, 3.63) is 54.0 Å². The molecule has 0 aliphatic carbocycles. The first-order valence-electron chi connectivity index (χ1n) is 15.5. The summed E-state index contributed by atoms with van der Waals surface area (Å²) in [6.07, 6.45) is 2.26. The van der Waals surface area contributed by atoms with Gasteiger partial charge in [0.15, 0.2) is 5.82 Å². The molecule has 1 amide bonds.